The third-order valence-corrected chi connectivity index (χ3v) is 18.1. The molecular weight excluding hydrogens is 1230 g/mol. The summed E-state index contributed by atoms with van der Waals surface area (Å²) in [6.45, 7) is 4.81. The Hall–Kier alpha value is -2.98. The average Bonchev–Trinajstić information content (AvgIpc) is 1.22. The van der Waals surface area contributed by atoms with Crippen molar-refractivity contribution in [1.29, 1.82) is 0 Å². The molecule has 19 heteroatoms. The fourth-order valence-electron chi connectivity index (χ4n) is 10.4. The quantitative estimate of drug-likeness (QED) is 0.0169. The molecule has 5 atom stereocenters. The van der Waals surface area contributed by atoms with E-state index in [4.69, 9.17) is 37.0 Å². The predicted octanol–water partition coefficient (Wildman–Crippen LogP) is 21.3. The second-order valence-electron chi connectivity index (χ2n) is 25.6. The fourth-order valence-corrected chi connectivity index (χ4v) is 12.0. The van der Waals surface area contributed by atoms with E-state index in [0.717, 1.165) is 154 Å². The van der Waals surface area contributed by atoms with Gasteiger partial charge in [-0.05, 0) is 103 Å². The lowest BCUT2D eigenvalue weighted by Crippen LogP contribution is -2.30. The molecule has 0 saturated carbocycles. The topological polar surface area (TPSA) is 237 Å². The van der Waals surface area contributed by atoms with Gasteiger partial charge in [0.2, 0.25) is 0 Å². The van der Waals surface area contributed by atoms with Crippen molar-refractivity contribution >= 4 is 39.5 Å². The SMILES string of the molecule is CCC/C=C\C/C=C\CCCCCCCC(=O)OC(COC(=O)CCCCCCC/C=C\CCCCCCCC)COP(=O)(O)OCC(O)COP(=O)(O)OCC(COC(=O)CCCCCCC/C=C\CCCCCCCC)OC(=O)CCCCCCCCCCCCC. The molecule has 94 heavy (non-hydrogen) atoms. The number of phosphoric ester groups is 2. The second kappa shape index (κ2) is 68.5. The molecular formula is C75H138O17P2. The van der Waals surface area contributed by atoms with E-state index in [2.05, 4.69) is 76.3 Å². The average molecular weight is 1370 g/mol. The first-order chi connectivity index (χ1) is 45.7. The number of hydrogen-bond acceptors (Lipinski definition) is 15. The molecule has 0 aromatic rings. The first-order valence-electron chi connectivity index (χ1n) is 37.9. The molecule has 0 radical (unpaired) electrons. The maximum atomic E-state index is 13.0. The van der Waals surface area contributed by atoms with Crippen molar-refractivity contribution in [2.45, 2.75) is 367 Å². The monoisotopic (exact) mass is 1370 g/mol. The van der Waals surface area contributed by atoms with E-state index >= 15 is 0 Å². The Kier molecular flexibility index (Phi) is 66.4. The normalized spacial score (nSPS) is 14.2. The van der Waals surface area contributed by atoms with E-state index in [1.807, 2.05) is 0 Å². The Labute approximate surface area is 572 Å². The summed E-state index contributed by atoms with van der Waals surface area (Å²) >= 11 is 0. The zero-order valence-corrected chi connectivity index (χ0v) is 61.7. The van der Waals surface area contributed by atoms with E-state index in [1.54, 1.807) is 0 Å². The molecule has 5 unspecified atom stereocenters. The molecule has 0 heterocycles. The molecule has 0 aromatic carbocycles. The van der Waals surface area contributed by atoms with E-state index in [0.29, 0.717) is 25.7 Å². The number of ether oxygens (including phenoxy) is 4. The van der Waals surface area contributed by atoms with Crippen LogP contribution in [0.4, 0.5) is 0 Å². The maximum absolute atomic E-state index is 13.0. The summed E-state index contributed by atoms with van der Waals surface area (Å²) in [6.07, 6.45) is 63.9. The number of aliphatic hydroxyl groups excluding tert-OH is 1. The Morgan fingerprint density at radius 1 is 0.298 bits per heavy atom. The van der Waals surface area contributed by atoms with Gasteiger partial charge in [-0.15, -0.1) is 0 Å². The van der Waals surface area contributed by atoms with Crippen LogP contribution in [0.25, 0.3) is 0 Å². The zero-order chi connectivity index (χ0) is 69.0. The van der Waals surface area contributed by atoms with E-state index in [-0.39, 0.29) is 25.7 Å². The number of carbonyl (C=O) groups excluding carboxylic acids is 4. The van der Waals surface area contributed by atoms with Gasteiger partial charge in [0.25, 0.3) is 0 Å². The Bertz CT molecular complexity index is 1980. The van der Waals surface area contributed by atoms with Crippen molar-refractivity contribution in [3.05, 3.63) is 48.6 Å². The molecule has 0 aliphatic carbocycles. The summed E-state index contributed by atoms with van der Waals surface area (Å²) in [7, 11) is -9.93. The van der Waals surface area contributed by atoms with E-state index in [9.17, 15) is 43.2 Å². The number of unbranched alkanes of at least 4 members (excludes halogenated alkanes) is 38. The van der Waals surface area contributed by atoms with Crippen LogP contribution in [0.3, 0.4) is 0 Å². The third-order valence-electron chi connectivity index (χ3n) is 16.2. The second-order valence-corrected chi connectivity index (χ2v) is 28.5. The summed E-state index contributed by atoms with van der Waals surface area (Å²) in [5, 5.41) is 10.6. The van der Waals surface area contributed by atoms with Crippen LogP contribution in [0, 0.1) is 0 Å². The van der Waals surface area contributed by atoms with Crippen LogP contribution >= 0.6 is 15.6 Å². The highest BCUT2D eigenvalue weighted by Gasteiger charge is 2.30. The third kappa shape index (κ3) is 67.6. The molecule has 0 bridgehead atoms. The minimum Gasteiger partial charge on any atom is -0.462 e. The summed E-state index contributed by atoms with van der Waals surface area (Å²) in [5.74, 6) is -2.18. The summed E-state index contributed by atoms with van der Waals surface area (Å²) in [5.41, 5.74) is 0. The van der Waals surface area contributed by atoms with Crippen LogP contribution in [-0.2, 0) is 65.4 Å². The lowest BCUT2D eigenvalue weighted by molar-refractivity contribution is -0.161. The number of carbonyl (C=O) groups is 4. The zero-order valence-electron chi connectivity index (χ0n) is 59.9. The van der Waals surface area contributed by atoms with Gasteiger partial charge in [-0.3, -0.25) is 37.3 Å². The Balaban J connectivity index is 5.30. The fraction of sp³-hybridized carbons (Fsp3) is 0.840. The van der Waals surface area contributed by atoms with Gasteiger partial charge in [0.15, 0.2) is 12.2 Å². The van der Waals surface area contributed by atoms with E-state index < -0.39 is 97.5 Å². The van der Waals surface area contributed by atoms with Crippen molar-refractivity contribution in [3.8, 4) is 0 Å². The highest BCUT2D eigenvalue weighted by atomic mass is 31.2. The lowest BCUT2D eigenvalue weighted by Gasteiger charge is -2.21. The smallest absolute Gasteiger partial charge is 0.462 e. The minimum absolute atomic E-state index is 0.0816. The van der Waals surface area contributed by atoms with Gasteiger partial charge in [0.05, 0.1) is 26.4 Å². The van der Waals surface area contributed by atoms with Gasteiger partial charge in [0, 0.05) is 25.7 Å². The number of allylic oxidation sites excluding steroid dienone is 8. The lowest BCUT2D eigenvalue weighted by atomic mass is 10.1. The van der Waals surface area contributed by atoms with Crippen molar-refractivity contribution in [3.63, 3.8) is 0 Å². The summed E-state index contributed by atoms with van der Waals surface area (Å²) in [4.78, 5) is 72.7. The number of aliphatic hydroxyl groups is 1. The van der Waals surface area contributed by atoms with Gasteiger partial charge >= 0.3 is 39.5 Å². The van der Waals surface area contributed by atoms with Crippen LogP contribution in [0.2, 0.25) is 0 Å². The van der Waals surface area contributed by atoms with Gasteiger partial charge in [-0.1, -0.05) is 269 Å². The van der Waals surface area contributed by atoms with E-state index in [1.165, 1.54) is 116 Å². The predicted molar refractivity (Wildman–Crippen MR) is 381 cm³/mol. The Morgan fingerprint density at radius 3 is 0.840 bits per heavy atom. The standard InChI is InChI=1S/C75H138O17P2/c1-5-9-13-17-21-25-29-32-34-37-40-43-47-51-55-59-72(77)85-65-70(91-74(79)61-57-53-49-45-39-28-24-20-16-12-8-4)67-89-93(81,82)87-63-69(76)64-88-94(83,84)90-68-71(92-75(80)62-58-54-50-46-42-36-31-27-23-19-15-11-7-3)66-86-73(78)60-56-52-48-44-41-38-35-33-30-26-22-18-14-10-6-2/h15,19,27,31-35,69-71,76H,5-14,16-18,20-26,28-30,36-68H2,1-4H3,(H,81,82)(H,83,84)/b19-15-,31-27-,34-32-,35-33-. The van der Waals surface area contributed by atoms with Gasteiger partial charge < -0.3 is 33.8 Å². The number of esters is 4. The highest BCUT2D eigenvalue weighted by molar-refractivity contribution is 7.47. The first-order valence-corrected chi connectivity index (χ1v) is 40.9. The molecule has 17 nitrogen and oxygen atoms in total. The highest BCUT2D eigenvalue weighted by Crippen LogP contribution is 2.45. The summed E-state index contributed by atoms with van der Waals surface area (Å²) < 4.78 is 68.4. The van der Waals surface area contributed by atoms with Crippen LogP contribution in [0.5, 0.6) is 0 Å². The van der Waals surface area contributed by atoms with Crippen molar-refractivity contribution < 1.29 is 80.2 Å². The van der Waals surface area contributed by atoms with Crippen LogP contribution in [0.1, 0.15) is 349 Å². The molecule has 550 valence electrons. The van der Waals surface area contributed by atoms with Gasteiger partial charge in [-0.25, -0.2) is 9.13 Å². The molecule has 3 N–H and O–H groups in total. The number of rotatable bonds is 72. The molecule has 0 aliphatic heterocycles. The molecule has 0 amide bonds. The van der Waals surface area contributed by atoms with Gasteiger partial charge in [-0.2, -0.15) is 0 Å². The first kappa shape index (κ1) is 91.0. The minimum atomic E-state index is -4.97. The largest absolute Gasteiger partial charge is 0.472 e. The molecule has 0 fully saturated rings. The number of hydrogen-bond donors (Lipinski definition) is 3. The van der Waals surface area contributed by atoms with Crippen molar-refractivity contribution in [2.75, 3.05) is 39.6 Å². The van der Waals surface area contributed by atoms with Crippen LogP contribution in [-0.4, -0.2) is 96.7 Å². The molecule has 0 rings (SSSR count). The number of phosphoric acid groups is 2. The van der Waals surface area contributed by atoms with Crippen molar-refractivity contribution in [1.82, 2.24) is 0 Å². The van der Waals surface area contributed by atoms with Gasteiger partial charge in [0.1, 0.15) is 19.3 Å². The molecule has 0 saturated heterocycles. The van der Waals surface area contributed by atoms with Crippen LogP contribution < -0.4 is 0 Å². The molecule has 0 aromatic heterocycles. The van der Waals surface area contributed by atoms with Crippen molar-refractivity contribution in [2.24, 2.45) is 0 Å². The summed E-state index contributed by atoms with van der Waals surface area (Å²) in [6, 6.07) is 0. The van der Waals surface area contributed by atoms with Crippen LogP contribution in [0.15, 0.2) is 48.6 Å². The molecule has 0 aliphatic rings. The molecule has 0 spiro atoms. The Morgan fingerprint density at radius 2 is 0.543 bits per heavy atom. The maximum Gasteiger partial charge on any atom is 0.472 e.